The fourth-order valence-corrected chi connectivity index (χ4v) is 2.68. The molecule has 2 rings (SSSR count). The Labute approximate surface area is 155 Å². The van der Waals surface area contributed by atoms with Gasteiger partial charge >= 0.3 is 5.97 Å². The monoisotopic (exact) mass is 359 g/mol. The van der Waals surface area contributed by atoms with Crippen molar-refractivity contribution in [2.24, 2.45) is 0 Å². The molecule has 7 heteroatoms. The van der Waals surface area contributed by atoms with Crippen molar-refractivity contribution < 1.29 is 9.53 Å². The summed E-state index contributed by atoms with van der Waals surface area (Å²) in [6.07, 6.45) is 3.06. The molecule has 0 aliphatic carbocycles. The first-order chi connectivity index (χ1) is 12.6. The van der Waals surface area contributed by atoms with E-state index in [9.17, 15) is 4.79 Å². The summed E-state index contributed by atoms with van der Waals surface area (Å²) in [6.45, 7) is 8.46. The number of hydrogen-bond donors (Lipinski definition) is 0. The molecule has 0 amide bonds. The molecule has 0 N–H and O–H groups in total. The van der Waals surface area contributed by atoms with Crippen LogP contribution in [0.3, 0.4) is 0 Å². The molecule has 0 saturated carbocycles. The van der Waals surface area contributed by atoms with Gasteiger partial charge in [0.2, 0.25) is 5.82 Å². The number of carbonyl (C=O) groups is 1. The second kappa shape index (κ2) is 10.7. The smallest absolute Gasteiger partial charge is 0.320 e. The highest BCUT2D eigenvalue weighted by atomic mass is 16.5. The summed E-state index contributed by atoms with van der Waals surface area (Å²) < 4.78 is 5.04. The van der Waals surface area contributed by atoms with Gasteiger partial charge in [-0.05, 0) is 45.4 Å². The van der Waals surface area contributed by atoms with Crippen LogP contribution in [0.25, 0.3) is 11.4 Å². The zero-order valence-corrected chi connectivity index (χ0v) is 16.0. The maximum atomic E-state index is 11.7. The molecule has 0 saturated heterocycles. The minimum absolute atomic E-state index is 0.151. The molecule has 1 aromatic heterocycles. The molecule has 1 heterocycles. The van der Waals surface area contributed by atoms with Gasteiger partial charge in [-0.15, -0.1) is 10.2 Å². The van der Waals surface area contributed by atoms with Crippen LogP contribution in [0.2, 0.25) is 0 Å². The largest absolute Gasteiger partial charge is 0.465 e. The lowest BCUT2D eigenvalue weighted by Gasteiger charge is -2.25. The van der Waals surface area contributed by atoms with Crippen LogP contribution in [0.15, 0.2) is 30.3 Å². The van der Waals surface area contributed by atoms with Crippen molar-refractivity contribution in [3.63, 3.8) is 0 Å². The van der Waals surface area contributed by atoms with Crippen molar-refractivity contribution >= 4 is 5.97 Å². The number of benzene rings is 1. The van der Waals surface area contributed by atoms with Crippen molar-refractivity contribution in [1.29, 1.82) is 0 Å². The van der Waals surface area contributed by atoms with E-state index in [2.05, 4.69) is 34.2 Å². The molecule has 26 heavy (non-hydrogen) atoms. The Balaban J connectivity index is 1.69. The second-order valence-corrected chi connectivity index (χ2v) is 6.50. The third-order valence-electron chi connectivity index (χ3n) is 4.16. The molecule has 0 radical (unpaired) electrons. The molecule has 0 spiro atoms. The van der Waals surface area contributed by atoms with Crippen LogP contribution in [0.4, 0.5) is 0 Å². The fraction of sp³-hybridized carbons (Fsp3) is 0.579. The number of aryl methyl sites for hydroxylation is 1. The van der Waals surface area contributed by atoms with E-state index >= 15 is 0 Å². The van der Waals surface area contributed by atoms with Gasteiger partial charge in [0.15, 0.2) is 0 Å². The van der Waals surface area contributed by atoms with Gasteiger partial charge in [-0.2, -0.15) is 4.80 Å². The molecule has 0 fully saturated rings. The van der Waals surface area contributed by atoms with Crippen LogP contribution < -0.4 is 0 Å². The number of ether oxygens (including phenoxy) is 1. The highest BCUT2D eigenvalue weighted by molar-refractivity contribution is 5.71. The number of nitrogens with zero attached hydrogens (tertiary/aromatic N) is 5. The number of unbranched alkanes of at least 4 members (excludes halogenated alkanes) is 2. The van der Waals surface area contributed by atoms with Crippen LogP contribution in [-0.4, -0.2) is 56.8 Å². The van der Waals surface area contributed by atoms with Crippen molar-refractivity contribution in [1.82, 2.24) is 25.1 Å². The quantitative estimate of drug-likeness (QED) is 0.454. The zero-order chi connectivity index (χ0) is 18.8. The molecule has 0 atom stereocenters. The van der Waals surface area contributed by atoms with Crippen LogP contribution in [0, 0.1) is 0 Å². The predicted octanol–water partition coefficient (Wildman–Crippen LogP) is 2.78. The first-order valence-corrected chi connectivity index (χ1v) is 9.33. The second-order valence-electron chi connectivity index (χ2n) is 6.50. The number of hydrogen-bond acceptors (Lipinski definition) is 6. The maximum Gasteiger partial charge on any atom is 0.320 e. The van der Waals surface area contributed by atoms with Gasteiger partial charge in [-0.25, -0.2) is 0 Å². The van der Waals surface area contributed by atoms with Crippen molar-refractivity contribution in [3.05, 3.63) is 30.3 Å². The first-order valence-electron chi connectivity index (χ1n) is 9.33. The SMILES string of the molecule is CCOC(=O)CN(CCCCCn1nnc(-c2ccccc2)n1)C(C)C. The van der Waals surface area contributed by atoms with Gasteiger partial charge in [0.25, 0.3) is 0 Å². The highest BCUT2D eigenvalue weighted by Gasteiger charge is 2.14. The third-order valence-corrected chi connectivity index (χ3v) is 4.16. The van der Waals surface area contributed by atoms with Gasteiger partial charge < -0.3 is 4.74 Å². The lowest BCUT2D eigenvalue weighted by molar-refractivity contribution is -0.144. The van der Waals surface area contributed by atoms with Crippen LogP contribution in [-0.2, 0) is 16.1 Å². The van der Waals surface area contributed by atoms with Gasteiger partial charge in [0.1, 0.15) is 0 Å². The Hall–Kier alpha value is -2.28. The molecule has 2 aromatic rings. The van der Waals surface area contributed by atoms with Crippen molar-refractivity contribution in [3.8, 4) is 11.4 Å². The van der Waals surface area contributed by atoms with Crippen LogP contribution in [0.1, 0.15) is 40.0 Å². The van der Waals surface area contributed by atoms with Gasteiger partial charge in [-0.3, -0.25) is 9.69 Å². The number of aromatic nitrogens is 4. The van der Waals surface area contributed by atoms with E-state index in [-0.39, 0.29) is 5.97 Å². The molecular weight excluding hydrogens is 330 g/mol. The summed E-state index contributed by atoms with van der Waals surface area (Å²) >= 11 is 0. The fourth-order valence-electron chi connectivity index (χ4n) is 2.68. The Kier molecular flexibility index (Phi) is 8.21. The molecule has 7 nitrogen and oxygen atoms in total. The van der Waals surface area contributed by atoms with E-state index in [4.69, 9.17) is 4.74 Å². The number of tetrazole rings is 1. The lowest BCUT2D eigenvalue weighted by atomic mass is 10.2. The van der Waals surface area contributed by atoms with E-state index < -0.39 is 0 Å². The number of carbonyl (C=O) groups excluding carboxylic acids is 1. The topological polar surface area (TPSA) is 73.1 Å². The van der Waals surface area contributed by atoms with Crippen LogP contribution in [0.5, 0.6) is 0 Å². The highest BCUT2D eigenvalue weighted by Crippen LogP contribution is 2.12. The van der Waals surface area contributed by atoms with E-state index in [1.807, 2.05) is 37.3 Å². The Bertz CT molecular complexity index is 657. The van der Waals surface area contributed by atoms with Gasteiger partial charge in [0, 0.05) is 11.6 Å². The molecule has 1 aromatic carbocycles. The molecule has 0 aliphatic rings. The summed E-state index contributed by atoms with van der Waals surface area (Å²) in [5.41, 5.74) is 0.977. The average Bonchev–Trinajstić information content (AvgIpc) is 3.10. The number of esters is 1. The first kappa shape index (κ1) is 20.0. The van der Waals surface area contributed by atoms with E-state index in [1.54, 1.807) is 4.80 Å². The minimum atomic E-state index is -0.151. The number of rotatable bonds is 11. The van der Waals surface area contributed by atoms with Crippen molar-refractivity contribution in [2.75, 3.05) is 19.7 Å². The standard InChI is InChI=1S/C19H29N5O2/c1-4-26-18(25)15-23(16(2)3)13-9-6-10-14-24-21-19(20-22-24)17-11-7-5-8-12-17/h5,7-8,11-12,16H,4,6,9-10,13-15H2,1-3H3. The third kappa shape index (κ3) is 6.55. The molecule has 0 aliphatic heterocycles. The minimum Gasteiger partial charge on any atom is -0.465 e. The maximum absolute atomic E-state index is 11.7. The molecular formula is C19H29N5O2. The average molecular weight is 359 g/mol. The van der Waals surface area contributed by atoms with Gasteiger partial charge in [0.05, 0.1) is 19.7 Å². The van der Waals surface area contributed by atoms with Crippen molar-refractivity contribution in [2.45, 2.75) is 52.6 Å². The summed E-state index contributed by atoms with van der Waals surface area (Å²) in [5, 5.41) is 12.7. The Morgan fingerprint density at radius 1 is 1.19 bits per heavy atom. The predicted molar refractivity (Wildman–Crippen MR) is 100 cm³/mol. The summed E-state index contributed by atoms with van der Waals surface area (Å²) in [5.74, 6) is 0.507. The summed E-state index contributed by atoms with van der Waals surface area (Å²) in [4.78, 5) is 15.5. The van der Waals surface area contributed by atoms with Crippen LogP contribution >= 0.6 is 0 Å². The molecule has 142 valence electrons. The lowest BCUT2D eigenvalue weighted by Crippen LogP contribution is -2.37. The Morgan fingerprint density at radius 2 is 1.96 bits per heavy atom. The van der Waals surface area contributed by atoms with E-state index in [0.717, 1.165) is 37.9 Å². The summed E-state index contributed by atoms with van der Waals surface area (Å²) in [6, 6.07) is 10.2. The normalized spacial score (nSPS) is 11.3. The summed E-state index contributed by atoms with van der Waals surface area (Å²) in [7, 11) is 0. The van der Waals surface area contributed by atoms with E-state index in [0.29, 0.717) is 25.0 Å². The van der Waals surface area contributed by atoms with E-state index in [1.165, 1.54) is 0 Å². The molecule has 0 bridgehead atoms. The zero-order valence-electron chi connectivity index (χ0n) is 16.0. The van der Waals surface area contributed by atoms with Gasteiger partial charge in [-0.1, -0.05) is 36.8 Å². The molecule has 0 unspecified atom stereocenters. The Morgan fingerprint density at radius 3 is 2.65 bits per heavy atom.